The number of thiazole rings is 2. The van der Waals surface area contributed by atoms with E-state index in [0.29, 0.717) is 0 Å². The van der Waals surface area contributed by atoms with Gasteiger partial charge in [-0.15, -0.1) is 0 Å². The van der Waals surface area contributed by atoms with Gasteiger partial charge in [0.1, 0.15) is 0 Å². The standard InChI is InChI=1S/C32H24GeN2S2/c1-33(2)29(31-34-23-17-9-11-19-25(23)36-31)27(21-13-5-3-6-14-21)28(22-15-7-4-8-16-22)30(33)32-35-24-18-10-12-20-26(24)37-32/h3-20H,1-2H3. The zero-order valence-electron chi connectivity index (χ0n) is 20.6. The molecule has 0 bridgehead atoms. The minimum atomic E-state index is -2.92. The van der Waals surface area contributed by atoms with Crippen molar-refractivity contribution >= 4 is 76.3 Å². The van der Waals surface area contributed by atoms with Gasteiger partial charge in [-0.1, -0.05) is 0 Å². The Morgan fingerprint density at radius 3 is 1.27 bits per heavy atom. The van der Waals surface area contributed by atoms with Crippen molar-refractivity contribution in [3.05, 3.63) is 130 Å². The maximum absolute atomic E-state index is 5.23. The van der Waals surface area contributed by atoms with Gasteiger partial charge in [-0.2, -0.15) is 0 Å². The monoisotopic (exact) mass is 574 g/mol. The second-order valence-electron chi connectivity index (χ2n) is 9.83. The van der Waals surface area contributed by atoms with Crippen molar-refractivity contribution in [1.29, 1.82) is 0 Å². The van der Waals surface area contributed by atoms with E-state index in [4.69, 9.17) is 9.97 Å². The molecule has 3 heterocycles. The van der Waals surface area contributed by atoms with Crippen LogP contribution >= 0.6 is 22.7 Å². The SMILES string of the molecule is [CH3][Ge]1([CH3])[C](c2nc3ccccc3s2)=C(c2ccccc2)C(c2ccccc2)=[C]1c1nc2ccccc2s1. The molecule has 5 heteroatoms. The number of rotatable bonds is 4. The molecule has 0 fully saturated rings. The van der Waals surface area contributed by atoms with E-state index in [2.05, 4.69) is 121 Å². The molecule has 0 spiro atoms. The van der Waals surface area contributed by atoms with Crippen LogP contribution in [0.4, 0.5) is 0 Å². The second kappa shape index (κ2) is 8.91. The van der Waals surface area contributed by atoms with Crippen LogP contribution in [0.1, 0.15) is 21.1 Å². The van der Waals surface area contributed by atoms with Crippen molar-refractivity contribution in [1.82, 2.24) is 9.97 Å². The fourth-order valence-electron chi connectivity index (χ4n) is 5.49. The molecule has 0 radical (unpaired) electrons. The molecule has 1 aliphatic heterocycles. The molecule has 0 aliphatic carbocycles. The van der Waals surface area contributed by atoms with Crippen LogP contribution in [0.5, 0.6) is 0 Å². The van der Waals surface area contributed by atoms with Crippen LogP contribution < -0.4 is 0 Å². The van der Waals surface area contributed by atoms with Crippen molar-refractivity contribution in [3.63, 3.8) is 0 Å². The fourth-order valence-corrected chi connectivity index (χ4v) is 17.4. The van der Waals surface area contributed by atoms with Gasteiger partial charge in [-0.25, -0.2) is 0 Å². The number of hydrogen-bond acceptors (Lipinski definition) is 4. The van der Waals surface area contributed by atoms with Gasteiger partial charge in [-0.3, -0.25) is 0 Å². The van der Waals surface area contributed by atoms with Crippen molar-refractivity contribution in [2.75, 3.05) is 0 Å². The van der Waals surface area contributed by atoms with Gasteiger partial charge in [0.05, 0.1) is 0 Å². The molecule has 0 amide bonds. The van der Waals surface area contributed by atoms with Gasteiger partial charge in [-0.05, 0) is 0 Å². The number of para-hydroxylation sites is 2. The molecule has 2 nitrogen and oxygen atoms in total. The van der Waals surface area contributed by atoms with Gasteiger partial charge < -0.3 is 0 Å². The van der Waals surface area contributed by atoms with E-state index in [9.17, 15) is 0 Å². The number of benzene rings is 4. The summed E-state index contributed by atoms with van der Waals surface area (Å²) >= 11 is 0.737. The first-order valence-corrected chi connectivity index (χ1v) is 20.4. The number of aromatic nitrogens is 2. The van der Waals surface area contributed by atoms with Crippen molar-refractivity contribution in [3.8, 4) is 0 Å². The quantitative estimate of drug-likeness (QED) is 0.197. The first-order valence-electron chi connectivity index (χ1n) is 12.4. The van der Waals surface area contributed by atoms with Gasteiger partial charge in [0.15, 0.2) is 0 Å². The molecule has 7 rings (SSSR count). The fraction of sp³-hybridized carbons (Fsp3) is 0.0625. The van der Waals surface area contributed by atoms with E-state index in [0.717, 1.165) is 21.0 Å². The molecule has 178 valence electrons. The Hall–Kier alpha value is -3.32. The average molecular weight is 573 g/mol. The number of hydrogen-bond donors (Lipinski definition) is 0. The van der Waals surface area contributed by atoms with E-state index < -0.39 is 13.3 Å². The summed E-state index contributed by atoms with van der Waals surface area (Å²) in [5, 5.41) is 2.32. The number of nitrogens with zero attached hydrogens (tertiary/aromatic N) is 2. The Balaban J connectivity index is 1.60. The predicted octanol–water partition coefficient (Wildman–Crippen LogP) is 9.23. The van der Waals surface area contributed by atoms with Crippen molar-refractivity contribution in [2.24, 2.45) is 0 Å². The van der Waals surface area contributed by atoms with Crippen LogP contribution in [0, 0.1) is 0 Å². The molecule has 0 saturated heterocycles. The summed E-state index contributed by atoms with van der Waals surface area (Å²) in [6, 6.07) is 38.8. The second-order valence-corrected chi connectivity index (χ2v) is 20.8. The van der Waals surface area contributed by atoms with E-state index in [-0.39, 0.29) is 0 Å². The summed E-state index contributed by atoms with van der Waals surface area (Å²) in [5.74, 6) is 5.06. The van der Waals surface area contributed by atoms with Crippen LogP contribution in [0.2, 0.25) is 11.5 Å². The van der Waals surface area contributed by atoms with Gasteiger partial charge >= 0.3 is 228 Å². The third-order valence-electron chi connectivity index (χ3n) is 7.14. The maximum atomic E-state index is 5.23. The average Bonchev–Trinajstić information content (AvgIpc) is 3.60. The van der Waals surface area contributed by atoms with Gasteiger partial charge in [0, 0.05) is 0 Å². The normalized spacial score (nSPS) is 15.3. The van der Waals surface area contributed by atoms with E-state index >= 15 is 0 Å². The molecular formula is C32H24GeN2S2. The summed E-state index contributed by atoms with van der Waals surface area (Å²) < 4.78 is 5.40. The molecule has 1 aliphatic rings. The van der Waals surface area contributed by atoms with Crippen molar-refractivity contribution < 1.29 is 0 Å². The Morgan fingerprint density at radius 2 is 0.865 bits per heavy atom. The summed E-state index contributed by atoms with van der Waals surface area (Å²) in [5.41, 5.74) is 7.34. The van der Waals surface area contributed by atoms with E-state index in [1.165, 1.54) is 40.5 Å². The van der Waals surface area contributed by atoms with E-state index in [1.54, 1.807) is 0 Å². The third-order valence-corrected chi connectivity index (χ3v) is 17.3. The van der Waals surface area contributed by atoms with Crippen LogP contribution in [0.3, 0.4) is 0 Å². The van der Waals surface area contributed by atoms with Crippen molar-refractivity contribution in [2.45, 2.75) is 11.5 Å². The molecule has 0 saturated carbocycles. The van der Waals surface area contributed by atoms with Crippen LogP contribution in [0.25, 0.3) is 40.4 Å². The molecule has 0 atom stereocenters. The molecule has 0 unspecified atom stereocenters. The third kappa shape index (κ3) is 3.74. The predicted molar refractivity (Wildman–Crippen MR) is 163 cm³/mol. The molecular weight excluding hydrogens is 549 g/mol. The Labute approximate surface area is 227 Å². The number of fused-ring (bicyclic) bond motifs is 2. The molecule has 6 aromatic rings. The molecule has 37 heavy (non-hydrogen) atoms. The van der Waals surface area contributed by atoms with Crippen LogP contribution in [0.15, 0.2) is 109 Å². The first kappa shape index (κ1) is 22.8. The number of allylic oxidation sites excluding steroid dienone is 2. The van der Waals surface area contributed by atoms with Gasteiger partial charge in [0.2, 0.25) is 0 Å². The van der Waals surface area contributed by atoms with Crippen LogP contribution in [-0.2, 0) is 0 Å². The summed E-state index contributed by atoms with van der Waals surface area (Å²) in [4.78, 5) is 10.5. The zero-order chi connectivity index (χ0) is 25.0. The Bertz CT molecular complexity index is 1640. The minimum absolute atomic E-state index is 1.08. The topological polar surface area (TPSA) is 25.8 Å². The van der Waals surface area contributed by atoms with Gasteiger partial charge in [0.25, 0.3) is 0 Å². The molecule has 4 aromatic carbocycles. The van der Waals surface area contributed by atoms with Crippen LogP contribution in [-0.4, -0.2) is 23.2 Å². The molecule has 2 aromatic heterocycles. The first-order chi connectivity index (χ1) is 18.1. The summed E-state index contributed by atoms with van der Waals surface area (Å²) in [7, 11) is 0. The Kier molecular flexibility index (Phi) is 5.50. The summed E-state index contributed by atoms with van der Waals surface area (Å²) in [6.07, 6.45) is 0. The summed E-state index contributed by atoms with van der Waals surface area (Å²) in [6.45, 7) is 0. The zero-order valence-corrected chi connectivity index (χ0v) is 24.3. The molecule has 0 N–H and O–H groups in total. The Morgan fingerprint density at radius 1 is 0.486 bits per heavy atom. The van der Waals surface area contributed by atoms with E-state index in [1.807, 2.05) is 22.7 Å².